The van der Waals surface area contributed by atoms with Crippen LogP contribution in [0.4, 0.5) is 5.69 Å². The predicted octanol–water partition coefficient (Wildman–Crippen LogP) is 5.04. The third-order valence-electron chi connectivity index (χ3n) is 4.78. The summed E-state index contributed by atoms with van der Waals surface area (Å²) in [6.45, 7) is 1.91. The van der Waals surface area contributed by atoms with Crippen LogP contribution in [0.15, 0.2) is 65.6 Å². The van der Waals surface area contributed by atoms with Crippen LogP contribution in [0.1, 0.15) is 22.0 Å². The molecule has 1 fully saturated rings. The summed E-state index contributed by atoms with van der Waals surface area (Å²) in [6.07, 6.45) is 0. The maximum Gasteiger partial charge on any atom is 0.300 e. The number of ketones is 1. The second kappa shape index (κ2) is 7.39. The van der Waals surface area contributed by atoms with Crippen molar-refractivity contribution >= 4 is 46.1 Å². The zero-order valence-electron chi connectivity index (χ0n) is 15.3. The minimum absolute atomic E-state index is 0.0271. The van der Waals surface area contributed by atoms with Crippen LogP contribution in [0.5, 0.6) is 5.75 Å². The molecule has 0 radical (unpaired) electrons. The van der Waals surface area contributed by atoms with Crippen molar-refractivity contribution in [3.63, 3.8) is 0 Å². The van der Waals surface area contributed by atoms with E-state index in [2.05, 4.69) is 0 Å². The van der Waals surface area contributed by atoms with Crippen molar-refractivity contribution in [1.82, 2.24) is 0 Å². The number of Topliss-reactive ketones (excluding diaryl/α,β-unsaturated/α-hetero) is 1. The van der Waals surface area contributed by atoms with Crippen LogP contribution < -0.4 is 4.90 Å². The van der Waals surface area contributed by atoms with Gasteiger partial charge in [0.15, 0.2) is 0 Å². The molecule has 1 atom stereocenters. The van der Waals surface area contributed by atoms with E-state index in [-0.39, 0.29) is 22.8 Å². The van der Waals surface area contributed by atoms with Crippen molar-refractivity contribution in [1.29, 1.82) is 0 Å². The molecule has 0 spiro atoms. The monoisotopic (exact) mass is 425 g/mol. The van der Waals surface area contributed by atoms with Crippen molar-refractivity contribution in [2.45, 2.75) is 13.0 Å². The number of hydrogen-bond acceptors (Lipinski definition) is 5. The summed E-state index contributed by atoms with van der Waals surface area (Å²) in [5, 5.41) is 23.4. The summed E-state index contributed by atoms with van der Waals surface area (Å²) in [4.78, 5) is 27.8. The summed E-state index contributed by atoms with van der Waals surface area (Å²) in [6, 6.07) is 14.0. The Bertz CT molecular complexity index is 1140. The number of thiophene rings is 1. The van der Waals surface area contributed by atoms with Gasteiger partial charge in [0.25, 0.3) is 11.7 Å². The minimum atomic E-state index is -0.874. The lowest BCUT2D eigenvalue weighted by molar-refractivity contribution is -0.132. The third kappa shape index (κ3) is 3.30. The van der Waals surface area contributed by atoms with Crippen molar-refractivity contribution in [3.05, 3.63) is 86.6 Å². The van der Waals surface area contributed by atoms with Crippen LogP contribution >= 0.6 is 22.9 Å². The van der Waals surface area contributed by atoms with Gasteiger partial charge in [-0.15, -0.1) is 11.3 Å². The summed E-state index contributed by atoms with van der Waals surface area (Å²) in [5.74, 6) is -2.10. The number of amides is 1. The second-order valence-corrected chi connectivity index (χ2v) is 8.10. The number of aryl methyl sites for hydroxylation is 1. The van der Waals surface area contributed by atoms with Gasteiger partial charge >= 0.3 is 0 Å². The van der Waals surface area contributed by atoms with E-state index in [1.807, 2.05) is 24.4 Å². The zero-order chi connectivity index (χ0) is 20.7. The van der Waals surface area contributed by atoms with Crippen LogP contribution in [0.25, 0.3) is 5.76 Å². The number of hydrogen-bond donors (Lipinski definition) is 2. The maximum atomic E-state index is 13.0. The van der Waals surface area contributed by atoms with Gasteiger partial charge in [-0.1, -0.05) is 47.5 Å². The summed E-state index contributed by atoms with van der Waals surface area (Å²) in [5.41, 5.74) is 1.52. The molecule has 0 bridgehead atoms. The Kier molecular flexibility index (Phi) is 4.90. The van der Waals surface area contributed by atoms with Gasteiger partial charge in [-0.25, -0.2) is 0 Å². The predicted molar refractivity (Wildman–Crippen MR) is 113 cm³/mol. The number of rotatable bonds is 3. The molecule has 1 amide bonds. The number of aliphatic hydroxyl groups excluding tert-OH is 1. The fourth-order valence-corrected chi connectivity index (χ4v) is 4.34. The van der Waals surface area contributed by atoms with E-state index in [1.165, 1.54) is 34.4 Å². The molecule has 0 aliphatic carbocycles. The van der Waals surface area contributed by atoms with E-state index in [9.17, 15) is 19.8 Å². The number of aliphatic hydroxyl groups is 1. The molecule has 1 saturated heterocycles. The number of phenolic OH excluding ortho intramolecular Hbond substituents is 1. The van der Waals surface area contributed by atoms with Gasteiger partial charge in [0.1, 0.15) is 17.6 Å². The van der Waals surface area contributed by atoms with E-state index in [1.54, 1.807) is 24.3 Å². The number of carbonyl (C=O) groups excluding carboxylic acids is 2. The minimum Gasteiger partial charge on any atom is -0.507 e. The summed E-state index contributed by atoms with van der Waals surface area (Å²) < 4.78 is 0. The number of halogens is 1. The Labute approximate surface area is 176 Å². The molecule has 1 aromatic heterocycles. The first-order valence-electron chi connectivity index (χ1n) is 8.78. The molecule has 1 aliphatic heterocycles. The normalized spacial score (nSPS) is 18.4. The summed E-state index contributed by atoms with van der Waals surface area (Å²) in [7, 11) is 0. The number of phenols is 1. The molecule has 29 heavy (non-hydrogen) atoms. The molecular formula is C22H16ClNO4S. The first kappa shape index (κ1) is 19.2. The third-order valence-corrected chi connectivity index (χ3v) is 5.94. The molecule has 2 aromatic carbocycles. The van der Waals surface area contributed by atoms with Gasteiger partial charge in [0, 0.05) is 15.5 Å². The molecule has 1 unspecified atom stereocenters. The fourth-order valence-electron chi connectivity index (χ4n) is 3.35. The number of aromatic hydroxyl groups is 1. The molecule has 7 heteroatoms. The smallest absolute Gasteiger partial charge is 0.300 e. The van der Waals surface area contributed by atoms with E-state index in [0.29, 0.717) is 15.5 Å². The summed E-state index contributed by atoms with van der Waals surface area (Å²) >= 11 is 7.41. The highest BCUT2D eigenvalue weighted by atomic mass is 35.5. The lowest BCUT2D eigenvalue weighted by Crippen LogP contribution is -2.29. The van der Waals surface area contributed by atoms with Gasteiger partial charge in [-0.05, 0) is 36.6 Å². The van der Waals surface area contributed by atoms with Crippen molar-refractivity contribution < 1.29 is 19.8 Å². The van der Waals surface area contributed by atoms with Gasteiger partial charge in [-0.2, -0.15) is 0 Å². The highest BCUT2D eigenvalue weighted by Crippen LogP contribution is 2.46. The average molecular weight is 426 g/mol. The Morgan fingerprint density at radius 3 is 2.48 bits per heavy atom. The largest absolute Gasteiger partial charge is 0.507 e. The Hall–Kier alpha value is -3.09. The lowest BCUT2D eigenvalue weighted by atomic mass is 9.99. The number of nitrogens with zero attached hydrogens (tertiary/aromatic N) is 1. The van der Waals surface area contributed by atoms with E-state index in [0.717, 1.165) is 5.56 Å². The van der Waals surface area contributed by atoms with Crippen molar-refractivity contribution in [3.8, 4) is 5.75 Å². The van der Waals surface area contributed by atoms with Crippen LogP contribution in [0, 0.1) is 6.92 Å². The van der Waals surface area contributed by atoms with Gasteiger partial charge in [0.05, 0.1) is 11.3 Å². The highest BCUT2D eigenvalue weighted by Gasteiger charge is 2.48. The van der Waals surface area contributed by atoms with Gasteiger partial charge in [0.2, 0.25) is 0 Å². The Balaban J connectivity index is 1.95. The van der Waals surface area contributed by atoms with Crippen LogP contribution in [0.3, 0.4) is 0 Å². The van der Waals surface area contributed by atoms with Crippen LogP contribution in [0.2, 0.25) is 5.02 Å². The molecule has 2 heterocycles. The SMILES string of the molecule is Cc1ccc(/C(O)=C2/C(=O)C(=O)N(c3cc(Cl)ccc3O)C2c2cccs2)cc1. The number of anilines is 1. The van der Waals surface area contributed by atoms with Crippen LogP contribution in [-0.2, 0) is 9.59 Å². The molecule has 4 rings (SSSR count). The topological polar surface area (TPSA) is 77.8 Å². The molecule has 0 saturated carbocycles. The molecule has 146 valence electrons. The number of benzene rings is 2. The number of carbonyl (C=O) groups is 2. The molecular weight excluding hydrogens is 410 g/mol. The highest BCUT2D eigenvalue weighted by molar-refractivity contribution is 7.10. The van der Waals surface area contributed by atoms with Crippen LogP contribution in [-0.4, -0.2) is 21.9 Å². The van der Waals surface area contributed by atoms with E-state index >= 15 is 0 Å². The standard InChI is InChI=1S/C22H16ClNO4S/c1-12-4-6-13(7-5-12)20(26)18-19(17-3-2-10-29-17)24(22(28)21(18)27)15-11-14(23)8-9-16(15)25/h2-11,19,25-26H,1H3/b20-18-. The van der Waals surface area contributed by atoms with Gasteiger partial charge in [-0.3, -0.25) is 14.5 Å². The fraction of sp³-hybridized carbons (Fsp3) is 0.0909. The second-order valence-electron chi connectivity index (χ2n) is 6.68. The zero-order valence-corrected chi connectivity index (χ0v) is 16.9. The first-order valence-corrected chi connectivity index (χ1v) is 10.0. The average Bonchev–Trinajstić information content (AvgIpc) is 3.31. The Morgan fingerprint density at radius 1 is 1.10 bits per heavy atom. The molecule has 1 aliphatic rings. The molecule has 3 aromatic rings. The Morgan fingerprint density at radius 2 is 1.83 bits per heavy atom. The lowest BCUT2D eigenvalue weighted by Gasteiger charge is -2.25. The van der Waals surface area contributed by atoms with E-state index in [4.69, 9.17) is 11.6 Å². The van der Waals surface area contributed by atoms with Gasteiger partial charge < -0.3 is 10.2 Å². The van der Waals surface area contributed by atoms with Crippen molar-refractivity contribution in [2.75, 3.05) is 4.90 Å². The first-order chi connectivity index (χ1) is 13.9. The maximum absolute atomic E-state index is 13.0. The quantitative estimate of drug-likeness (QED) is 0.350. The van der Waals surface area contributed by atoms with E-state index < -0.39 is 17.7 Å². The molecule has 5 nitrogen and oxygen atoms in total. The van der Waals surface area contributed by atoms with Crippen molar-refractivity contribution in [2.24, 2.45) is 0 Å². The molecule has 2 N–H and O–H groups in total.